The van der Waals surface area contributed by atoms with E-state index >= 15 is 0 Å². The Bertz CT molecular complexity index is 399. The SMILES string of the molecule is CCN1CCC(CN2CCC3(CN(C(C)C)C3)C(F)(F)C2)CC1. The van der Waals surface area contributed by atoms with E-state index in [0.29, 0.717) is 31.5 Å². The number of likely N-dealkylation sites (tertiary alicyclic amines) is 3. The predicted octanol–water partition coefficient (Wildman–Crippen LogP) is 2.77. The molecule has 0 N–H and O–H groups in total. The van der Waals surface area contributed by atoms with Crippen LogP contribution in [0.1, 0.15) is 40.0 Å². The van der Waals surface area contributed by atoms with Gasteiger partial charge in [-0.1, -0.05) is 6.92 Å². The van der Waals surface area contributed by atoms with Gasteiger partial charge in [0.05, 0.1) is 12.0 Å². The van der Waals surface area contributed by atoms with Crippen molar-refractivity contribution in [1.82, 2.24) is 14.7 Å². The fourth-order valence-electron chi connectivity index (χ4n) is 4.57. The smallest absolute Gasteiger partial charge is 0.268 e. The number of alkyl halides is 2. The first kappa shape index (κ1) is 17.6. The average Bonchev–Trinajstić information content (AvgIpc) is 2.45. The van der Waals surface area contributed by atoms with Crippen molar-refractivity contribution >= 4 is 0 Å². The molecule has 3 rings (SSSR count). The van der Waals surface area contributed by atoms with Gasteiger partial charge in [-0.25, -0.2) is 8.78 Å². The lowest BCUT2D eigenvalue weighted by Crippen LogP contribution is -2.71. The summed E-state index contributed by atoms with van der Waals surface area (Å²) in [6.07, 6.45) is 3.00. The zero-order chi connectivity index (χ0) is 16.7. The van der Waals surface area contributed by atoms with Crippen LogP contribution in [0.4, 0.5) is 8.78 Å². The lowest BCUT2D eigenvalue weighted by molar-refractivity contribution is -0.230. The molecule has 0 aromatic rings. The molecule has 0 aromatic carbocycles. The van der Waals surface area contributed by atoms with Gasteiger partial charge in [-0.15, -0.1) is 0 Å². The summed E-state index contributed by atoms with van der Waals surface area (Å²) in [5.74, 6) is -1.92. The topological polar surface area (TPSA) is 9.72 Å². The van der Waals surface area contributed by atoms with E-state index in [1.807, 2.05) is 0 Å². The van der Waals surface area contributed by atoms with E-state index in [2.05, 4.69) is 35.5 Å². The van der Waals surface area contributed by atoms with E-state index in [-0.39, 0.29) is 6.54 Å². The highest BCUT2D eigenvalue weighted by Crippen LogP contribution is 2.50. The second-order valence-corrected chi connectivity index (χ2v) is 8.35. The molecule has 3 saturated heterocycles. The van der Waals surface area contributed by atoms with Crippen LogP contribution in [-0.4, -0.2) is 79.0 Å². The van der Waals surface area contributed by atoms with E-state index in [9.17, 15) is 8.78 Å². The van der Waals surface area contributed by atoms with Crippen molar-refractivity contribution in [2.24, 2.45) is 11.3 Å². The molecule has 134 valence electrons. The first-order valence-corrected chi connectivity index (χ1v) is 9.42. The van der Waals surface area contributed by atoms with Crippen molar-refractivity contribution < 1.29 is 8.78 Å². The average molecular weight is 329 g/mol. The van der Waals surface area contributed by atoms with Gasteiger partial charge in [0, 0.05) is 25.7 Å². The van der Waals surface area contributed by atoms with E-state index < -0.39 is 11.3 Å². The molecule has 0 bridgehead atoms. The molecule has 3 nitrogen and oxygen atoms in total. The van der Waals surface area contributed by atoms with E-state index in [4.69, 9.17) is 0 Å². The fraction of sp³-hybridized carbons (Fsp3) is 1.00. The Morgan fingerprint density at radius 3 is 2.17 bits per heavy atom. The minimum absolute atomic E-state index is 0.0209. The number of piperidine rings is 2. The number of hydrogen-bond acceptors (Lipinski definition) is 3. The van der Waals surface area contributed by atoms with Crippen LogP contribution in [0.3, 0.4) is 0 Å². The second kappa shape index (κ2) is 6.57. The largest absolute Gasteiger partial charge is 0.304 e. The Morgan fingerprint density at radius 2 is 1.65 bits per heavy atom. The zero-order valence-electron chi connectivity index (χ0n) is 15.0. The quantitative estimate of drug-likeness (QED) is 0.785. The summed E-state index contributed by atoms with van der Waals surface area (Å²) in [4.78, 5) is 6.70. The van der Waals surface area contributed by atoms with Gasteiger partial charge in [0.15, 0.2) is 0 Å². The van der Waals surface area contributed by atoms with E-state index in [1.54, 1.807) is 0 Å². The number of nitrogens with zero attached hydrogens (tertiary/aromatic N) is 3. The van der Waals surface area contributed by atoms with Crippen molar-refractivity contribution in [1.29, 1.82) is 0 Å². The third-order valence-corrected chi connectivity index (χ3v) is 6.52. The molecule has 0 aliphatic carbocycles. The van der Waals surface area contributed by atoms with E-state index in [0.717, 1.165) is 32.7 Å². The molecule has 5 heteroatoms. The van der Waals surface area contributed by atoms with Crippen LogP contribution in [-0.2, 0) is 0 Å². The van der Waals surface area contributed by atoms with Crippen molar-refractivity contribution in [2.75, 3.05) is 52.4 Å². The molecule has 0 saturated carbocycles. The Labute approximate surface area is 140 Å². The predicted molar refractivity (Wildman–Crippen MR) is 90.0 cm³/mol. The Balaban J connectivity index is 1.50. The third kappa shape index (κ3) is 3.42. The monoisotopic (exact) mass is 329 g/mol. The summed E-state index contributed by atoms with van der Waals surface area (Å²) in [7, 11) is 0. The molecule has 0 unspecified atom stereocenters. The summed E-state index contributed by atoms with van der Waals surface area (Å²) >= 11 is 0. The van der Waals surface area contributed by atoms with Crippen LogP contribution in [0.5, 0.6) is 0 Å². The van der Waals surface area contributed by atoms with Gasteiger partial charge in [-0.2, -0.15) is 0 Å². The summed E-state index contributed by atoms with van der Waals surface area (Å²) in [5.41, 5.74) is -0.737. The highest BCUT2D eigenvalue weighted by molar-refractivity contribution is 5.08. The van der Waals surface area contributed by atoms with Crippen LogP contribution in [0, 0.1) is 11.3 Å². The Morgan fingerprint density at radius 1 is 1.00 bits per heavy atom. The maximum Gasteiger partial charge on any atom is 0.268 e. The Kier molecular flexibility index (Phi) is 5.01. The highest BCUT2D eigenvalue weighted by atomic mass is 19.3. The molecule has 0 radical (unpaired) electrons. The van der Waals surface area contributed by atoms with Crippen LogP contribution in [0.2, 0.25) is 0 Å². The van der Waals surface area contributed by atoms with Crippen LogP contribution >= 0.6 is 0 Å². The molecule has 0 aromatic heterocycles. The van der Waals surface area contributed by atoms with Crippen molar-refractivity contribution in [3.05, 3.63) is 0 Å². The molecular formula is C18H33F2N3. The van der Waals surface area contributed by atoms with Crippen molar-refractivity contribution in [3.8, 4) is 0 Å². The lowest BCUT2D eigenvalue weighted by Gasteiger charge is -2.59. The fourth-order valence-corrected chi connectivity index (χ4v) is 4.57. The van der Waals surface area contributed by atoms with Crippen molar-refractivity contribution in [2.45, 2.75) is 52.0 Å². The van der Waals surface area contributed by atoms with Gasteiger partial charge in [0.25, 0.3) is 5.92 Å². The van der Waals surface area contributed by atoms with Gasteiger partial charge >= 0.3 is 0 Å². The summed E-state index contributed by atoms with van der Waals surface area (Å²) in [6.45, 7) is 12.7. The third-order valence-electron chi connectivity index (χ3n) is 6.52. The first-order chi connectivity index (χ1) is 10.9. The van der Waals surface area contributed by atoms with Crippen LogP contribution in [0.25, 0.3) is 0 Å². The van der Waals surface area contributed by atoms with Crippen LogP contribution < -0.4 is 0 Å². The van der Waals surface area contributed by atoms with E-state index in [1.165, 1.54) is 12.8 Å². The standard InChI is InChI=1S/C18H33F2N3/c1-4-21-8-5-16(6-9-21)11-22-10-7-17(18(19,20)14-22)12-23(13-17)15(2)3/h15-16H,4-14H2,1-3H3. The summed E-state index contributed by atoms with van der Waals surface area (Å²) < 4.78 is 29.6. The maximum absolute atomic E-state index is 14.8. The number of halogens is 2. The molecule has 3 aliphatic heterocycles. The first-order valence-electron chi connectivity index (χ1n) is 9.42. The molecule has 3 aliphatic rings. The summed E-state index contributed by atoms with van der Waals surface area (Å²) in [5, 5.41) is 0. The number of hydrogen-bond donors (Lipinski definition) is 0. The van der Waals surface area contributed by atoms with Crippen LogP contribution in [0.15, 0.2) is 0 Å². The second-order valence-electron chi connectivity index (χ2n) is 8.35. The normalized spacial score (nSPS) is 30.0. The molecule has 1 spiro atoms. The molecule has 0 amide bonds. The minimum Gasteiger partial charge on any atom is -0.304 e. The lowest BCUT2D eigenvalue weighted by atomic mass is 9.68. The maximum atomic E-state index is 14.8. The zero-order valence-corrected chi connectivity index (χ0v) is 15.0. The summed E-state index contributed by atoms with van der Waals surface area (Å²) in [6, 6.07) is 0.387. The molecule has 0 atom stereocenters. The van der Waals surface area contributed by atoms with Gasteiger partial charge in [-0.3, -0.25) is 9.80 Å². The van der Waals surface area contributed by atoms with Gasteiger partial charge in [-0.05, 0) is 65.2 Å². The molecule has 3 heterocycles. The Hall–Kier alpha value is -0.260. The highest BCUT2D eigenvalue weighted by Gasteiger charge is 2.62. The van der Waals surface area contributed by atoms with Gasteiger partial charge in [0.1, 0.15) is 0 Å². The van der Waals surface area contributed by atoms with Gasteiger partial charge in [0.2, 0.25) is 0 Å². The van der Waals surface area contributed by atoms with Gasteiger partial charge < -0.3 is 4.90 Å². The molecule has 3 fully saturated rings. The molecule has 23 heavy (non-hydrogen) atoms. The number of rotatable bonds is 4. The molecular weight excluding hydrogens is 296 g/mol. The minimum atomic E-state index is -2.53. The van der Waals surface area contributed by atoms with Crippen molar-refractivity contribution in [3.63, 3.8) is 0 Å².